The number of aromatic nitrogens is 1. The predicted octanol–water partition coefficient (Wildman–Crippen LogP) is 3.64. The van der Waals surface area contributed by atoms with Gasteiger partial charge >= 0.3 is 0 Å². The summed E-state index contributed by atoms with van der Waals surface area (Å²) in [4.78, 5) is 17.0. The number of hydrogen-bond donors (Lipinski definition) is 2. The molecule has 3 rings (SSSR count). The molecular weight excluding hydrogens is 398 g/mol. The molecule has 0 bridgehead atoms. The molecule has 1 heterocycles. The lowest BCUT2D eigenvalue weighted by Crippen LogP contribution is -2.25. The molecule has 148 valence electrons. The number of sulfonamides is 1. The number of unbranched alkanes of at least 4 members (excludes halogenated alkanes) is 1. The average molecular weight is 420 g/mol. The Bertz CT molecular complexity index is 1090. The Hall–Kier alpha value is -2.49. The van der Waals surface area contributed by atoms with Crippen LogP contribution in [-0.4, -0.2) is 33.0 Å². The summed E-state index contributed by atoms with van der Waals surface area (Å²) in [5.74, 6) is 0.291. The van der Waals surface area contributed by atoms with E-state index in [4.69, 9.17) is 4.74 Å². The van der Waals surface area contributed by atoms with Crippen LogP contribution < -0.4 is 14.8 Å². The van der Waals surface area contributed by atoms with Gasteiger partial charge in [0.15, 0.2) is 5.13 Å². The molecule has 9 heteroatoms. The van der Waals surface area contributed by atoms with Crippen LogP contribution >= 0.6 is 11.3 Å². The number of nitrogens with zero attached hydrogens (tertiary/aromatic N) is 1. The summed E-state index contributed by atoms with van der Waals surface area (Å²) in [6, 6.07) is 11.4. The van der Waals surface area contributed by atoms with Crippen LogP contribution in [0.4, 0.5) is 5.13 Å². The van der Waals surface area contributed by atoms with Crippen molar-refractivity contribution in [3.8, 4) is 5.75 Å². The highest BCUT2D eigenvalue weighted by molar-refractivity contribution is 7.89. The number of thiazole rings is 1. The van der Waals surface area contributed by atoms with E-state index in [9.17, 15) is 13.2 Å². The molecular formula is C19H21N3O4S2. The fourth-order valence-electron chi connectivity index (χ4n) is 2.53. The van der Waals surface area contributed by atoms with Crippen molar-refractivity contribution in [2.75, 3.05) is 19.0 Å². The number of amides is 1. The number of rotatable bonds is 8. The van der Waals surface area contributed by atoms with Gasteiger partial charge < -0.3 is 4.74 Å². The minimum atomic E-state index is -3.65. The molecule has 2 aromatic carbocycles. The Morgan fingerprint density at radius 3 is 2.79 bits per heavy atom. The maximum absolute atomic E-state index is 12.6. The van der Waals surface area contributed by atoms with Crippen molar-refractivity contribution in [1.29, 1.82) is 0 Å². The van der Waals surface area contributed by atoms with Gasteiger partial charge in [0.2, 0.25) is 10.0 Å². The quantitative estimate of drug-likeness (QED) is 0.543. The highest BCUT2D eigenvalue weighted by atomic mass is 32.2. The number of hydrogen-bond acceptors (Lipinski definition) is 6. The molecule has 0 saturated carbocycles. The standard InChI is InChI=1S/C19H21N3O4S2/c1-3-4-10-20-28(24,25)15-7-5-6-13(11-15)18(23)22-19-21-16-9-8-14(26-2)12-17(16)27-19/h5-9,11-12,20H,3-4,10H2,1-2H3,(H,21,22,23). The third-order valence-corrected chi connectivity index (χ3v) is 6.44. The third-order valence-electron chi connectivity index (χ3n) is 4.05. The van der Waals surface area contributed by atoms with Gasteiger partial charge in [-0.3, -0.25) is 10.1 Å². The SMILES string of the molecule is CCCCNS(=O)(=O)c1cccc(C(=O)Nc2nc3ccc(OC)cc3s2)c1. The second-order valence-corrected chi connectivity index (χ2v) is 8.88. The smallest absolute Gasteiger partial charge is 0.257 e. The van der Waals surface area contributed by atoms with Crippen LogP contribution in [0.15, 0.2) is 47.4 Å². The molecule has 0 fully saturated rings. The van der Waals surface area contributed by atoms with Crippen molar-refractivity contribution < 1.29 is 17.9 Å². The van der Waals surface area contributed by atoms with Crippen molar-refractivity contribution in [3.63, 3.8) is 0 Å². The van der Waals surface area contributed by atoms with E-state index in [0.29, 0.717) is 17.4 Å². The van der Waals surface area contributed by atoms with Crippen molar-refractivity contribution in [1.82, 2.24) is 9.71 Å². The first-order valence-electron chi connectivity index (χ1n) is 8.78. The Labute approximate surface area is 167 Å². The van der Waals surface area contributed by atoms with E-state index in [2.05, 4.69) is 15.0 Å². The average Bonchev–Trinajstić information content (AvgIpc) is 3.09. The van der Waals surface area contributed by atoms with E-state index in [-0.39, 0.29) is 10.5 Å². The van der Waals surface area contributed by atoms with Crippen molar-refractivity contribution in [2.45, 2.75) is 24.7 Å². The summed E-state index contributed by atoms with van der Waals surface area (Å²) in [6.45, 7) is 2.35. The molecule has 0 spiro atoms. The van der Waals surface area contributed by atoms with Gasteiger partial charge in [-0.05, 0) is 42.8 Å². The van der Waals surface area contributed by atoms with Gasteiger partial charge in [0.1, 0.15) is 5.75 Å². The topological polar surface area (TPSA) is 97.4 Å². The number of fused-ring (bicyclic) bond motifs is 1. The summed E-state index contributed by atoms with van der Waals surface area (Å²) >= 11 is 1.32. The zero-order valence-electron chi connectivity index (χ0n) is 15.6. The fourth-order valence-corrected chi connectivity index (χ4v) is 4.53. The van der Waals surface area contributed by atoms with Crippen LogP contribution in [0.1, 0.15) is 30.1 Å². The minimum Gasteiger partial charge on any atom is -0.497 e. The molecule has 0 radical (unpaired) electrons. The maximum Gasteiger partial charge on any atom is 0.257 e. The van der Waals surface area contributed by atoms with Crippen LogP contribution in [0.25, 0.3) is 10.2 Å². The highest BCUT2D eigenvalue weighted by Gasteiger charge is 2.16. The lowest BCUT2D eigenvalue weighted by Gasteiger charge is -2.08. The zero-order valence-corrected chi connectivity index (χ0v) is 17.2. The van der Waals surface area contributed by atoms with E-state index >= 15 is 0 Å². The van der Waals surface area contributed by atoms with E-state index in [0.717, 1.165) is 23.1 Å². The molecule has 0 aliphatic heterocycles. The molecule has 0 atom stereocenters. The largest absolute Gasteiger partial charge is 0.497 e. The molecule has 0 aliphatic rings. The number of carbonyl (C=O) groups excluding carboxylic acids is 1. The van der Waals surface area contributed by atoms with Crippen LogP contribution in [0.2, 0.25) is 0 Å². The monoisotopic (exact) mass is 419 g/mol. The predicted molar refractivity (Wildman–Crippen MR) is 111 cm³/mol. The van der Waals surface area contributed by atoms with Gasteiger partial charge in [0, 0.05) is 12.1 Å². The molecule has 1 aromatic heterocycles. The van der Waals surface area contributed by atoms with E-state index < -0.39 is 15.9 Å². The van der Waals surface area contributed by atoms with Gasteiger partial charge in [-0.15, -0.1) is 0 Å². The number of nitrogens with one attached hydrogen (secondary N) is 2. The van der Waals surface area contributed by atoms with Crippen LogP contribution in [-0.2, 0) is 10.0 Å². The number of methoxy groups -OCH3 is 1. The van der Waals surface area contributed by atoms with Crippen molar-refractivity contribution in [2.24, 2.45) is 0 Å². The Kier molecular flexibility index (Phi) is 6.28. The molecule has 0 aliphatic carbocycles. The minimum absolute atomic E-state index is 0.0605. The molecule has 0 saturated heterocycles. The van der Waals surface area contributed by atoms with E-state index in [1.54, 1.807) is 25.3 Å². The lowest BCUT2D eigenvalue weighted by atomic mass is 10.2. The number of ether oxygens (including phenoxy) is 1. The normalized spacial score (nSPS) is 11.5. The van der Waals surface area contributed by atoms with Gasteiger partial charge in [0.25, 0.3) is 5.91 Å². The molecule has 1 amide bonds. The summed E-state index contributed by atoms with van der Waals surface area (Å²) in [5.41, 5.74) is 0.993. The fraction of sp³-hybridized carbons (Fsp3) is 0.263. The lowest BCUT2D eigenvalue weighted by molar-refractivity contribution is 0.102. The zero-order chi connectivity index (χ0) is 20.1. The van der Waals surface area contributed by atoms with Gasteiger partial charge in [-0.1, -0.05) is 30.7 Å². The van der Waals surface area contributed by atoms with E-state index in [1.165, 1.54) is 23.5 Å². The number of benzene rings is 2. The summed E-state index contributed by atoms with van der Waals surface area (Å²) < 4.78 is 33.3. The van der Waals surface area contributed by atoms with E-state index in [1.807, 2.05) is 19.1 Å². The number of carbonyl (C=O) groups is 1. The van der Waals surface area contributed by atoms with Crippen molar-refractivity contribution in [3.05, 3.63) is 48.0 Å². The second-order valence-electron chi connectivity index (χ2n) is 6.09. The van der Waals surface area contributed by atoms with Crippen LogP contribution in [0.5, 0.6) is 5.75 Å². The summed E-state index contributed by atoms with van der Waals surface area (Å²) in [5, 5.41) is 3.16. The van der Waals surface area contributed by atoms with Crippen molar-refractivity contribution >= 4 is 42.6 Å². The Morgan fingerprint density at radius 2 is 2.04 bits per heavy atom. The molecule has 3 aromatic rings. The molecule has 28 heavy (non-hydrogen) atoms. The maximum atomic E-state index is 12.6. The van der Waals surface area contributed by atoms with Crippen LogP contribution in [0, 0.1) is 0 Å². The van der Waals surface area contributed by atoms with Crippen LogP contribution in [0.3, 0.4) is 0 Å². The first-order valence-corrected chi connectivity index (χ1v) is 11.1. The third kappa shape index (κ3) is 4.67. The highest BCUT2D eigenvalue weighted by Crippen LogP contribution is 2.29. The van der Waals surface area contributed by atoms with Gasteiger partial charge in [-0.2, -0.15) is 0 Å². The summed E-state index contributed by atoms with van der Waals surface area (Å²) in [7, 11) is -2.06. The molecule has 2 N–H and O–H groups in total. The molecule has 7 nitrogen and oxygen atoms in total. The van der Waals surface area contributed by atoms with Gasteiger partial charge in [0.05, 0.1) is 22.2 Å². The van der Waals surface area contributed by atoms with Gasteiger partial charge in [-0.25, -0.2) is 18.1 Å². The summed E-state index contributed by atoms with van der Waals surface area (Å²) in [6.07, 6.45) is 1.64. The second kappa shape index (κ2) is 8.68. The Balaban J connectivity index is 1.78. The first kappa shape index (κ1) is 20.2. The molecule has 0 unspecified atom stereocenters. The Morgan fingerprint density at radius 1 is 1.21 bits per heavy atom. The number of anilines is 1. The first-order chi connectivity index (χ1) is 13.4.